The van der Waals surface area contributed by atoms with Crippen LogP contribution in [0.15, 0.2) is 17.9 Å². The molecule has 0 aliphatic heterocycles. The van der Waals surface area contributed by atoms with Crippen LogP contribution in [0.4, 0.5) is 0 Å². The van der Waals surface area contributed by atoms with Crippen molar-refractivity contribution in [2.75, 3.05) is 0 Å². The van der Waals surface area contributed by atoms with Crippen molar-refractivity contribution in [1.82, 2.24) is 0 Å². The first kappa shape index (κ1) is 12.5. The normalized spacial score (nSPS) is 12.2. The summed E-state index contributed by atoms with van der Waals surface area (Å²) in [5, 5.41) is 9.67. The van der Waals surface area contributed by atoms with Crippen LogP contribution in [0.3, 0.4) is 0 Å². The highest BCUT2D eigenvalue weighted by molar-refractivity contribution is 5.05. The minimum Gasteiger partial charge on any atom is -0.388 e. The highest BCUT2D eigenvalue weighted by Crippen LogP contribution is 2.14. The molecule has 0 fully saturated rings. The molecule has 0 saturated carbocycles. The highest BCUT2D eigenvalue weighted by Gasteiger charge is 2.07. The molecule has 76 valence electrons. The first-order chi connectivity index (χ1) is 6.26. The Morgan fingerprint density at radius 3 is 2.46 bits per heavy atom. The fourth-order valence-corrected chi connectivity index (χ4v) is 1.39. The summed E-state index contributed by atoms with van der Waals surface area (Å²) in [6, 6.07) is 0. The molecular weight excluding hydrogens is 160 g/mol. The number of aliphatic hydroxyl groups excluding tert-OH is 1. The topological polar surface area (TPSA) is 20.2 Å². The smallest absolute Gasteiger partial charge is 0.0823 e. The highest BCUT2D eigenvalue weighted by atomic mass is 16.3. The summed E-state index contributed by atoms with van der Waals surface area (Å²) in [5.41, 5.74) is 3.86. The fraction of sp³-hybridized carbons (Fsp3) is 0.750. The SMILES string of the molecule is C=C=C(CCCCC)C(O)CCC. The molecule has 0 spiro atoms. The van der Waals surface area contributed by atoms with E-state index in [1.165, 1.54) is 12.8 Å². The predicted octanol–water partition coefficient (Wildman–Crippen LogP) is 3.44. The second kappa shape index (κ2) is 8.10. The van der Waals surface area contributed by atoms with Gasteiger partial charge in [0.25, 0.3) is 0 Å². The molecule has 0 heterocycles. The molecule has 0 aromatic heterocycles. The quantitative estimate of drug-likeness (QED) is 0.472. The van der Waals surface area contributed by atoms with Gasteiger partial charge in [0.2, 0.25) is 0 Å². The van der Waals surface area contributed by atoms with Gasteiger partial charge in [-0.1, -0.05) is 39.7 Å². The lowest BCUT2D eigenvalue weighted by Gasteiger charge is -2.11. The zero-order chi connectivity index (χ0) is 10.1. The maximum absolute atomic E-state index is 9.67. The molecule has 1 N–H and O–H groups in total. The van der Waals surface area contributed by atoms with Gasteiger partial charge < -0.3 is 5.11 Å². The fourth-order valence-electron chi connectivity index (χ4n) is 1.39. The summed E-state index contributed by atoms with van der Waals surface area (Å²) >= 11 is 0. The molecule has 0 aliphatic carbocycles. The van der Waals surface area contributed by atoms with Crippen LogP contribution in [-0.4, -0.2) is 11.2 Å². The van der Waals surface area contributed by atoms with E-state index in [1.54, 1.807) is 0 Å². The molecule has 1 atom stereocenters. The molecule has 1 unspecified atom stereocenters. The van der Waals surface area contributed by atoms with E-state index in [1.807, 2.05) is 0 Å². The number of unbranched alkanes of at least 4 members (excludes halogenated alkanes) is 2. The van der Waals surface area contributed by atoms with Crippen molar-refractivity contribution in [3.8, 4) is 0 Å². The van der Waals surface area contributed by atoms with E-state index in [9.17, 15) is 5.11 Å². The minimum atomic E-state index is -0.306. The van der Waals surface area contributed by atoms with Crippen molar-refractivity contribution in [2.45, 2.75) is 58.5 Å². The Balaban J connectivity index is 3.82. The minimum absolute atomic E-state index is 0.306. The number of rotatable bonds is 7. The van der Waals surface area contributed by atoms with Gasteiger partial charge in [0.05, 0.1) is 6.10 Å². The summed E-state index contributed by atoms with van der Waals surface area (Å²) in [6.07, 6.45) is 6.09. The Hall–Kier alpha value is -0.520. The third kappa shape index (κ3) is 5.68. The van der Waals surface area contributed by atoms with Crippen LogP contribution in [0.1, 0.15) is 52.4 Å². The summed E-state index contributed by atoms with van der Waals surface area (Å²) in [7, 11) is 0. The maximum atomic E-state index is 9.67. The van der Waals surface area contributed by atoms with E-state index in [4.69, 9.17) is 0 Å². The van der Waals surface area contributed by atoms with Gasteiger partial charge in [0.1, 0.15) is 0 Å². The van der Waals surface area contributed by atoms with Gasteiger partial charge in [-0.3, -0.25) is 0 Å². The Bertz CT molecular complexity index is 166. The lowest BCUT2D eigenvalue weighted by atomic mass is 10.0. The van der Waals surface area contributed by atoms with Gasteiger partial charge in [-0.2, -0.15) is 0 Å². The molecule has 0 rings (SSSR count). The first-order valence-corrected chi connectivity index (χ1v) is 5.33. The molecule has 0 aliphatic rings. The average molecular weight is 182 g/mol. The van der Waals surface area contributed by atoms with Crippen molar-refractivity contribution in [3.05, 3.63) is 17.9 Å². The van der Waals surface area contributed by atoms with Crippen LogP contribution >= 0.6 is 0 Å². The summed E-state index contributed by atoms with van der Waals surface area (Å²) in [5.74, 6) is 0. The van der Waals surface area contributed by atoms with Gasteiger partial charge in [0.15, 0.2) is 0 Å². The van der Waals surface area contributed by atoms with E-state index >= 15 is 0 Å². The second-order valence-electron chi connectivity index (χ2n) is 3.46. The maximum Gasteiger partial charge on any atom is 0.0823 e. The van der Waals surface area contributed by atoms with Gasteiger partial charge in [-0.15, -0.1) is 5.73 Å². The van der Waals surface area contributed by atoms with Crippen molar-refractivity contribution in [1.29, 1.82) is 0 Å². The monoisotopic (exact) mass is 182 g/mol. The summed E-state index contributed by atoms with van der Waals surface area (Å²) in [6.45, 7) is 7.88. The molecule has 0 radical (unpaired) electrons. The third-order valence-corrected chi connectivity index (χ3v) is 2.24. The van der Waals surface area contributed by atoms with Gasteiger partial charge in [-0.05, 0) is 24.8 Å². The summed E-state index contributed by atoms with van der Waals surface area (Å²) < 4.78 is 0. The number of hydrogen-bond donors (Lipinski definition) is 1. The molecule has 1 heteroatoms. The van der Waals surface area contributed by atoms with E-state index < -0.39 is 0 Å². The van der Waals surface area contributed by atoms with E-state index in [0.29, 0.717) is 0 Å². The second-order valence-corrected chi connectivity index (χ2v) is 3.46. The molecular formula is C12H22O. The van der Waals surface area contributed by atoms with Crippen LogP contribution in [0.5, 0.6) is 0 Å². The molecule has 0 aromatic rings. The third-order valence-electron chi connectivity index (χ3n) is 2.24. The van der Waals surface area contributed by atoms with Gasteiger partial charge in [0, 0.05) is 0 Å². The predicted molar refractivity (Wildman–Crippen MR) is 57.7 cm³/mol. The standard InChI is InChI=1S/C12H22O/c1-4-7-8-10-11(6-3)12(13)9-5-2/h12-13H,3-5,7-10H2,1-2H3. The van der Waals surface area contributed by atoms with Gasteiger partial charge >= 0.3 is 0 Å². The van der Waals surface area contributed by atoms with Crippen LogP contribution in [0, 0.1) is 0 Å². The Labute approximate surface area is 82.2 Å². The van der Waals surface area contributed by atoms with Crippen LogP contribution in [0.2, 0.25) is 0 Å². The molecule has 0 aromatic carbocycles. The Morgan fingerprint density at radius 1 is 1.31 bits per heavy atom. The zero-order valence-corrected chi connectivity index (χ0v) is 8.97. The Morgan fingerprint density at radius 2 is 2.00 bits per heavy atom. The lowest BCUT2D eigenvalue weighted by molar-refractivity contribution is 0.195. The first-order valence-electron chi connectivity index (χ1n) is 5.33. The molecule has 0 bridgehead atoms. The molecule has 0 saturated heterocycles. The average Bonchev–Trinajstić information content (AvgIpc) is 2.13. The van der Waals surface area contributed by atoms with E-state index in [2.05, 4.69) is 26.2 Å². The van der Waals surface area contributed by atoms with Crippen LogP contribution in [-0.2, 0) is 0 Å². The zero-order valence-electron chi connectivity index (χ0n) is 8.97. The largest absolute Gasteiger partial charge is 0.388 e. The number of hydrogen-bond acceptors (Lipinski definition) is 1. The number of aliphatic hydroxyl groups is 1. The van der Waals surface area contributed by atoms with Crippen LogP contribution < -0.4 is 0 Å². The molecule has 0 amide bonds. The van der Waals surface area contributed by atoms with Crippen molar-refractivity contribution >= 4 is 0 Å². The van der Waals surface area contributed by atoms with Crippen LogP contribution in [0.25, 0.3) is 0 Å². The van der Waals surface area contributed by atoms with Gasteiger partial charge in [-0.25, -0.2) is 0 Å². The summed E-state index contributed by atoms with van der Waals surface area (Å²) in [4.78, 5) is 0. The Kier molecular flexibility index (Phi) is 7.77. The van der Waals surface area contributed by atoms with Crippen molar-refractivity contribution < 1.29 is 5.11 Å². The molecule has 1 nitrogen and oxygen atoms in total. The van der Waals surface area contributed by atoms with Crippen molar-refractivity contribution in [3.63, 3.8) is 0 Å². The van der Waals surface area contributed by atoms with E-state index in [0.717, 1.165) is 31.3 Å². The molecule has 13 heavy (non-hydrogen) atoms. The lowest BCUT2D eigenvalue weighted by Crippen LogP contribution is -2.09. The van der Waals surface area contributed by atoms with Crippen molar-refractivity contribution in [2.24, 2.45) is 0 Å². The van der Waals surface area contributed by atoms with E-state index in [-0.39, 0.29) is 6.10 Å².